The Balaban J connectivity index is 0.757. The van der Waals surface area contributed by atoms with E-state index in [0.29, 0.717) is 47.0 Å². The van der Waals surface area contributed by atoms with Gasteiger partial charge in [0.1, 0.15) is 0 Å². The molecular formula is C81H71N11O6. The van der Waals surface area contributed by atoms with Gasteiger partial charge in [0.2, 0.25) is 0 Å². The van der Waals surface area contributed by atoms with Gasteiger partial charge < -0.3 is 39.7 Å². The number of hydroxylamine groups is 2. The topological polar surface area (TPSA) is 220 Å². The van der Waals surface area contributed by atoms with Gasteiger partial charge in [0.15, 0.2) is 5.75 Å². The molecule has 17 heteroatoms. The second kappa shape index (κ2) is 24.1. The van der Waals surface area contributed by atoms with E-state index in [9.17, 15) is 19.2 Å². The number of rotatable bonds is 9. The van der Waals surface area contributed by atoms with Crippen LogP contribution in [0.4, 0.5) is 11.4 Å². The standard InChI is InChI=1S/C81H71N11O6/c1-79(2)44-60-38-66-63(42-67(89-66)74(49-16-20-51(21-17-49)78(96)98-92-72(93)32-33-73(92)94)64-31-28-55(83-64)35-54-26-27-56(82-54)39-69(79)85-60)48-22-24-53(25-23-48)88-77(95)50-18-14-47(15-19-50)62-36-58-41-71-81(5,6)45-68(90-71)76(97-9)75-52(13-10-46-11-29-61(30-12-46)91(7)8)34-57(87-75)40-70-80(3,4)43-59(86-70)37-65(62)84-58/h11-12,14-31,34-42,82,84,87,89H,32-33,43-45H2,1-9H3,(H,88,95). The van der Waals surface area contributed by atoms with Gasteiger partial charge in [-0.1, -0.05) is 89.8 Å². The molecule has 0 aliphatic carbocycles. The van der Waals surface area contributed by atoms with E-state index in [1.807, 2.05) is 105 Å². The first-order valence-corrected chi connectivity index (χ1v) is 32.8. The summed E-state index contributed by atoms with van der Waals surface area (Å²) in [4.78, 5) is 95.1. The number of imide groups is 1. The molecule has 1 saturated heterocycles. The summed E-state index contributed by atoms with van der Waals surface area (Å²) in [6, 6.07) is 53.5. The van der Waals surface area contributed by atoms with Gasteiger partial charge in [0.05, 0.1) is 40.8 Å². The predicted molar refractivity (Wildman–Crippen MR) is 385 cm³/mol. The zero-order chi connectivity index (χ0) is 67.9. The third-order valence-electron chi connectivity index (χ3n) is 18.9. The lowest BCUT2D eigenvalue weighted by Crippen LogP contribution is -2.32. The maximum Gasteiger partial charge on any atom is 0.363 e. The molecule has 5 aliphatic heterocycles. The van der Waals surface area contributed by atoms with Crippen LogP contribution in [-0.2, 0) is 49.9 Å². The minimum Gasteiger partial charge on any atom is -0.493 e. The Kier molecular flexibility index (Phi) is 15.3. The number of H-pyrrole nitrogens is 4. The second-order valence-corrected chi connectivity index (χ2v) is 27.9. The number of methoxy groups -OCH3 is 1. The molecule has 15 rings (SSSR count). The lowest BCUT2D eigenvalue weighted by molar-refractivity contribution is -0.172. The average Bonchev–Trinajstić information content (AvgIpc) is 1.62. The number of benzene rings is 4. The fraction of sp³-hybridized carbons (Fsp3) is 0.210. The average molecular weight is 1290 g/mol. The highest BCUT2D eigenvalue weighted by atomic mass is 16.7. The van der Waals surface area contributed by atoms with Crippen LogP contribution in [0, 0.1) is 11.8 Å². The van der Waals surface area contributed by atoms with Crippen molar-refractivity contribution in [1.82, 2.24) is 44.9 Å². The summed E-state index contributed by atoms with van der Waals surface area (Å²) in [6.45, 7) is 13.2. The van der Waals surface area contributed by atoms with Gasteiger partial charge in [0.25, 0.3) is 17.7 Å². The Morgan fingerprint density at radius 3 is 1.77 bits per heavy atom. The molecule has 98 heavy (non-hydrogen) atoms. The molecule has 0 spiro atoms. The fourth-order valence-electron chi connectivity index (χ4n) is 13.5. The molecule has 0 unspecified atom stereocenters. The number of nitrogens with zero attached hydrogens (tertiary/aromatic N) is 6. The number of fused-ring (bicyclic) bond motifs is 16. The Labute approximate surface area is 566 Å². The number of ether oxygens (including phenoxy) is 1. The van der Waals surface area contributed by atoms with Crippen LogP contribution in [0.25, 0.3) is 89.7 Å². The Morgan fingerprint density at radius 2 is 1.11 bits per heavy atom. The molecule has 5 aliphatic rings. The lowest BCUT2D eigenvalue weighted by atomic mass is 9.87. The molecular weight excluding hydrogens is 1220 g/mol. The zero-order valence-corrected chi connectivity index (χ0v) is 55.9. The number of nitrogens with one attached hydrogen (secondary N) is 5. The number of amides is 3. The summed E-state index contributed by atoms with van der Waals surface area (Å²) in [5.41, 5.74) is 22.0. The van der Waals surface area contributed by atoms with E-state index in [2.05, 4.69) is 144 Å². The number of hydrogen-bond acceptors (Lipinski definition) is 11. The van der Waals surface area contributed by atoms with Crippen molar-refractivity contribution < 1.29 is 28.8 Å². The van der Waals surface area contributed by atoms with E-state index in [4.69, 9.17) is 29.5 Å². The smallest absolute Gasteiger partial charge is 0.363 e. The minimum atomic E-state index is -0.823. The van der Waals surface area contributed by atoms with Crippen LogP contribution in [-0.4, -0.2) is 89.8 Å². The van der Waals surface area contributed by atoms with Crippen LogP contribution in [0.5, 0.6) is 5.75 Å². The second-order valence-electron chi connectivity index (χ2n) is 27.9. The number of carbonyl (C=O) groups excluding carboxylic acids is 4. The summed E-state index contributed by atoms with van der Waals surface area (Å²) in [5.74, 6) is 5.31. The molecule has 0 saturated carbocycles. The molecule has 1 fully saturated rings. The highest BCUT2D eigenvalue weighted by Gasteiger charge is 2.35. The van der Waals surface area contributed by atoms with Crippen LogP contribution in [0.15, 0.2) is 164 Å². The van der Waals surface area contributed by atoms with Gasteiger partial charge in [-0.05, 0) is 156 Å². The minimum absolute atomic E-state index is 0.00950. The van der Waals surface area contributed by atoms with Gasteiger partial charge in [0, 0.05) is 169 Å². The van der Waals surface area contributed by atoms with Gasteiger partial charge in [-0.3, -0.25) is 29.3 Å². The zero-order valence-electron chi connectivity index (χ0n) is 55.9. The van der Waals surface area contributed by atoms with E-state index in [0.717, 1.165) is 134 Å². The van der Waals surface area contributed by atoms with Crippen molar-refractivity contribution in [2.45, 2.75) is 89.9 Å². The number of anilines is 2. The SMILES string of the molecule is COc1c2nc(cc3cc(-c4ccc(C(=O)Nc5ccc(-c6cc7[nH]c6cc6nc(cc8ccc(cc9nc(c7-c7ccc(C(=O)ON%10C(=O)CCC%10=O)cc7)C=C9)[nH]8)C(C)(C)C6)cc5)cc4)c(cc4nc(cc5cc(C#Cc6ccc(N(C)C)cc6)c1[nH]5)C(C)(C)C4)[nH]3)C(C)(C)C2. The van der Waals surface area contributed by atoms with E-state index in [-0.39, 0.29) is 40.6 Å². The summed E-state index contributed by atoms with van der Waals surface area (Å²) in [7, 11) is 5.74. The third kappa shape index (κ3) is 12.1. The van der Waals surface area contributed by atoms with Gasteiger partial charge in [-0.15, -0.1) is 5.06 Å². The van der Waals surface area contributed by atoms with Crippen molar-refractivity contribution in [2.24, 2.45) is 0 Å². The van der Waals surface area contributed by atoms with Gasteiger partial charge in [-0.25, -0.2) is 9.78 Å². The molecule has 6 aromatic heterocycles. The highest BCUT2D eigenvalue weighted by molar-refractivity contribution is 6.06. The van der Waals surface area contributed by atoms with E-state index < -0.39 is 17.8 Å². The van der Waals surface area contributed by atoms with Crippen LogP contribution in [0.3, 0.4) is 0 Å². The Morgan fingerprint density at radius 1 is 0.541 bits per heavy atom. The largest absolute Gasteiger partial charge is 0.493 e. The summed E-state index contributed by atoms with van der Waals surface area (Å²) in [6.07, 6.45) is 5.95. The van der Waals surface area contributed by atoms with Crippen molar-refractivity contribution in [3.05, 3.63) is 232 Å². The molecule has 486 valence electrons. The number of aromatic amines is 4. The number of hydrogen-bond donors (Lipinski definition) is 5. The Hall–Kier alpha value is -11.9. The molecule has 16 bridgehead atoms. The predicted octanol–water partition coefficient (Wildman–Crippen LogP) is 15.6. The van der Waals surface area contributed by atoms with Gasteiger partial charge >= 0.3 is 5.97 Å². The molecule has 11 heterocycles. The molecule has 4 aromatic carbocycles. The van der Waals surface area contributed by atoms with E-state index >= 15 is 0 Å². The molecule has 0 atom stereocenters. The van der Waals surface area contributed by atoms with Crippen molar-refractivity contribution in [3.8, 4) is 51.0 Å². The first kappa shape index (κ1) is 62.2. The highest BCUT2D eigenvalue weighted by Crippen LogP contribution is 2.41. The van der Waals surface area contributed by atoms with Crippen molar-refractivity contribution >= 4 is 91.4 Å². The summed E-state index contributed by atoms with van der Waals surface area (Å²) < 4.78 is 6.27. The molecule has 0 radical (unpaired) electrons. The maximum atomic E-state index is 14.3. The normalized spacial score (nSPS) is 15.0. The first-order valence-electron chi connectivity index (χ1n) is 32.8. The summed E-state index contributed by atoms with van der Waals surface area (Å²) >= 11 is 0. The molecule has 3 amide bonds. The monoisotopic (exact) mass is 1290 g/mol. The van der Waals surface area contributed by atoms with Crippen molar-refractivity contribution in [1.29, 1.82) is 0 Å². The van der Waals surface area contributed by atoms with E-state index in [1.54, 1.807) is 31.4 Å². The number of aromatic nitrogens is 8. The summed E-state index contributed by atoms with van der Waals surface area (Å²) in [5, 5.41) is 3.69. The molecule has 17 nitrogen and oxygen atoms in total. The third-order valence-corrected chi connectivity index (χ3v) is 18.9. The van der Waals surface area contributed by atoms with Crippen LogP contribution in [0.1, 0.15) is 132 Å². The lowest BCUT2D eigenvalue weighted by Gasteiger charge is -2.16. The van der Waals surface area contributed by atoms with E-state index in [1.165, 1.54) is 0 Å². The number of carbonyl (C=O) groups is 4. The van der Waals surface area contributed by atoms with Crippen LogP contribution < -0.4 is 15.0 Å². The quantitative estimate of drug-likeness (QED) is 0.0676. The van der Waals surface area contributed by atoms with Gasteiger partial charge in [-0.2, -0.15) is 0 Å². The van der Waals surface area contributed by atoms with Crippen molar-refractivity contribution in [2.75, 3.05) is 31.4 Å². The van der Waals surface area contributed by atoms with Crippen molar-refractivity contribution in [3.63, 3.8) is 0 Å². The maximum absolute atomic E-state index is 14.3. The molecule has 10 aromatic rings. The van der Waals surface area contributed by atoms with Crippen LogP contribution in [0.2, 0.25) is 0 Å². The fourth-order valence-corrected chi connectivity index (χ4v) is 13.5. The first-order chi connectivity index (χ1) is 47.0. The molecule has 5 N–H and O–H groups in total. The Bertz CT molecular complexity index is 5430. The van der Waals surface area contributed by atoms with Crippen LogP contribution >= 0.6 is 0 Å².